The van der Waals surface area contributed by atoms with Crippen molar-refractivity contribution in [3.8, 4) is 0 Å². The molecule has 0 bridgehead atoms. The Morgan fingerprint density at radius 2 is 0.662 bits per heavy atom. The Hall–Kier alpha value is -6.14. The fraction of sp³-hybridized carbons (Fsp3) is 0.211. The van der Waals surface area contributed by atoms with Crippen molar-refractivity contribution >= 4 is 74.9 Å². The molecule has 7 aromatic rings. The fourth-order valence-electron chi connectivity index (χ4n) is 10.4. The van der Waals surface area contributed by atoms with Crippen LogP contribution < -0.4 is 12.8 Å². The number of hydrogen-bond acceptors (Lipinski definition) is 0. The number of quaternary nitrogens is 3. The number of hydrogen-bond donors (Lipinski definition) is 0. The lowest BCUT2D eigenvalue weighted by atomic mass is 10.1. The van der Waals surface area contributed by atoms with Crippen molar-refractivity contribution < 1.29 is 13.7 Å². The standard InChI is InChI=1S/C21H20N2.C20H30N2Si2.C16H18N2/c1-23(20-13-6-3-7-14-20)17-22(19-11-4-2-5-12-19)16-18-10-8-9-15-21(18)23;1-23(2,3)22(24(4,5)6)17-21(19-13-8-7-9-14-19)16-18-12-10-11-15-20(18)22;1-18(2)13-17(15-9-4-3-5-10-15)12-14-8-6-7-11-16(14)18/h2-16H,17H2,1H3;7-16H,17H2,1-6H3;3-12H,13H2,1-2H3/q3*+2. The predicted molar refractivity (Wildman–Crippen MR) is 284 cm³/mol. The van der Waals surface area contributed by atoms with Crippen molar-refractivity contribution in [1.82, 2.24) is 12.8 Å². The van der Waals surface area contributed by atoms with E-state index < -0.39 is 16.5 Å². The fourth-order valence-corrected chi connectivity index (χ4v) is 21.4. The van der Waals surface area contributed by atoms with Crippen LogP contribution in [0.2, 0.25) is 39.3 Å². The normalized spacial score (nSPS) is 18.0. The molecule has 0 fully saturated rings. The van der Waals surface area contributed by atoms with Crippen molar-refractivity contribution in [2.24, 2.45) is 0 Å². The van der Waals surface area contributed by atoms with Gasteiger partial charge in [-0.25, -0.2) is 8.97 Å². The first-order valence-electron chi connectivity index (χ1n) is 23.0. The van der Waals surface area contributed by atoms with Gasteiger partial charge in [0.1, 0.15) is 11.4 Å². The second-order valence-corrected chi connectivity index (χ2v) is 30.9. The van der Waals surface area contributed by atoms with Crippen LogP contribution in [0.3, 0.4) is 0 Å². The third kappa shape index (κ3) is 9.23. The summed E-state index contributed by atoms with van der Waals surface area (Å²) in [5.41, 5.74) is 13.3. The molecule has 0 N–H and O–H groups in total. The molecule has 0 spiro atoms. The lowest BCUT2D eigenvalue weighted by molar-refractivity contribution is -0.459. The summed E-state index contributed by atoms with van der Waals surface area (Å²) in [4.78, 5) is 0. The van der Waals surface area contributed by atoms with Gasteiger partial charge in [-0.2, -0.15) is 4.58 Å². The smallest absolute Gasteiger partial charge is 0.285 e. The van der Waals surface area contributed by atoms with Gasteiger partial charge in [0.15, 0.2) is 30.0 Å². The Kier molecular flexibility index (Phi) is 12.9. The van der Waals surface area contributed by atoms with E-state index in [0.29, 0.717) is 0 Å². The van der Waals surface area contributed by atoms with Crippen LogP contribution in [0.25, 0.3) is 0 Å². The van der Waals surface area contributed by atoms with E-state index in [2.05, 4.69) is 287 Å². The Morgan fingerprint density at radius 3 is 1.11 bits per heavy atom. The van der Waals surface area contributed by atoms with Crippen LogP contribution in [0.4, 0.5) is 39.8 Å². The summed E-state index contributed by atoms with van der Waals surface area (Å²) in [6, 6.07) is 69.1. The molecule has 0 aliphatic carbocycles. The van der Waals surface area contributed by atoms with Crippen molar-refractivity contribution in [2.75, 3.05) is 41.1 Å². The van der Waals surface area contributed by atoms with Crippen LogP contribution in [0.1, 0.15) is 16.7 Å². The zero-order valence-corrected chi connectivity index (χ0v) is 42.0. The van der Waals surface area contributed by atoms with E-state index in [9.17, 15) is 0 Å². The average molecular weight is 893 g/mol. The van der Waals surface area contributed by atoms with Gasteiger partial charge in [0.2, 0.25) is 23.7 Å². The molecular weight excluding hydrogens is 825 g/mol. The van der Waals surface area contributed by atoms with Crippen molar-refractivity contribution in [3.05, 3.63) is 211 Å². The van der Waals surface area contributed by atoms with E-state index in [1.54, 1.807) is 5.69 Å². The quantitative estimate of drug-likeness (QED) is 0.0894. The van der Waals surface area contributed by atoms with Crippen LogP contribution in [-0.2, 0) is 0 Å². The summed E-state index contributed by atoms with van der Waals surface area (Å²) >= 11 is 0. The van der Waals surface area contributed by atoms with Gasteiger partial charge in [-0.3, -0.25) is 0 Å². The van der Waals surface area contributed by atoms with Gasteiger partial charge in [0.05, 0.1) is 37.8 Å². The van der Waals surface area contributed by atoms with Gasteiger partial charge in [-0.15, -0.1) is 9.15 Å². The second-order valence-electron chi connectivity index (χ2n) is 20.3. The first-order chi connectivity index (χ1) is 31.1. The Balaban J connectivity index is 0.000000134. The van der Waals surface area contributed by atoms with E-state index in [1.165, 1.54) is 54.6 Å². The van der Waals surface area contributed by atoms with Gasteiger partial charge >= 0.3 is 0 Å². The van der Waals surface area contributed by atoms with E-state index in [1.807, 2.05) is 0 Å². The highest BCUT2D eigenvalue weighted by molar-refractivity contribution is 6.95. The summed E-state index contributed by atoms with van der Waals surface area (Å²) in [7, 11) is 3.73. The molecule has 3 aliphatic rings. The van der Waals surface area contributed by atoms with Crippen molar-refractivity contribution in [2.45, 2.75) is 39.3 Å². The maximum absolute atomic E-state index is 2.54. The lowest BCUT2D eigenvalue weighted by Crippen LogP contribution is -2.78. The molecule has 0 radical (unpaired) electrons. The summed E-state index contributed by atoms with van der Waals surface area (Å²) in [5.74, 6) is 0. The molecule has 10 rings (SSSR count). The predicted octanol–water partition coefficient (Wildman–Crippen LogP) is 13.1. The number of rotatable bonds is 6. The van der Waals surface area contributed by atoms with Crippen LogP contribution in [0.5, 0.6) is 0 Å². The molecule has 0 saturated carbocycles. The first kappa shape index (κ1) is 45.4. The van der Waals surface area contributed by atoms with E-state index >= 15 is 0 Å². The Labute approximate surface area is 390 Å². The number of fused-ring (bicyclic) bond motifs is 3. The highest BCUT2D eigenvalue weighted by Gasteiger charge is 2.58. The minimum Gasteiger partial charge on any atom is -0.355 e. The van der Waals surface area contributed by atoms with Gasteiger partial charge in [-0.1, -0.05) is 109 Å². The monoisotopic (exact) mass is 893 g/mol. The number of para-hydroxylation sites is 7. The molecule has 65 heavy (non-hydrogen) atoms. The lowest BCUT2D eigenvalue weighted by Gasteiger charge is -2.55. The van der Waals surface area contributed by atoms with E-state index in [-0.39, 0.29) is 0 Å². The highest BCUT2D eigenvalue weighted by atomic mass is 28.4. The van der Waals surface area contributed by atoms with Crippen LogP contribution >= 0.6 is 0 Å². The minimum atomic E-state index is -1.53. The molecule has 3 heterocycles. The topological polar surface area (TPSA) is 9.03 Å². The maximum Gasteiger partial charge on any atom is 0.285 e. The van der Waals surface area contributed by atoms with Crippen molar-refractivity contribution in [1.29, 1.82) is 0 Å². The molecule has 3 aliphatic heterocycles. The summed E-state index contributed by atoms with van der Waals surface area (Å²) in [6.07, 6.45) is 6.85. The molecular formula is C57H68N6Si2+6. The molecule has 0 amide bonds. The van der Waals surface area contributed by atoms with Gasteiger partial charge in [0.25, 0.3) is 29.8 Å². The van der Waals surface area contributed by atoms with Crippen molar-refractivity contribution in [3.63, 3.8) is 0 Å². The first-order valence-corrected chi connectivity index (χ1v) is 29.9. The van der Waals surface area contributed by atoms with Gasteiger partial charge in [-0.05, 0) is 75.7 Å². The summed E-state index contributed by atoms with van der Waals surface area (Å²) in [5, 5.41) is 0. The number of benzene rings is 7. The second kappa shape index (κ2) is 18.4. The van der Waals surface area contributed by atoms with Gasteiger partial charge in [0, 0.05) is 48.5 Å². The van der Waals surface area contributed by atoms with Gasteiger partial charge < -0.3 is 3.81 Å². The zero-order valence-electron chi connectivity index (χ0n) is 40.0. The Bertz CT molecular complexity index is 2830. The summed E-state index contributed by atoms with van der Waals surface area (Å²) < 4.78 is 9.99. The maximum atomic E-state index is 2.54. The van der Waals surface area contributed by atoms with Crippen LogP contribution in [-0.4, -0.2) is 90.0 Å². The highest BCUT2D eigenvalue weighted by Crippen LogP contribution is 2.42. The minimum absolute atomic E-state index is 0.766. The van der Waals surface area contributed by atoms with Crippen LogP contribution in [0.15, 0.2) is 194 Å². The SMILES string of the molecule is C[N+]1(C)C[N+](c2ccccc2)=Cc2ccccc21.C[N+]1(c2ccccc2)C[N+](c2ccccc2)=Cc2ccccc21.C[Si](C)(C)[N+]1([Si](C)(C)C)C[N+](c2ccccc2)=Cc2ccccc21. The molecule has 6 nitrogen and oxygen atoms in total. The molecule has 0 saturated heterocycles. The zero-order chi connectivity index (χ0) is 45.9. The van der Waals surface area contributed by atoms with Crippen LogP contribution in [0, 0.1) is 0 Å². The third-order valence-corrected chi connectivity index (χ3v) is 22.8. The molecule has 328 valence electrons. The Morgan fingerprint density at radius 1 is 0.338 bits per heavy atom. The van der Waals surface area contributed by atoms with E-state index in [4.69, 9.17) is 0 Å². The molecule has 8 heteroatoms. The molecule has 0 aromatic heterocycles. The molecule has 7 aromatic carbocycles. The third-order valence-electron chi connectivity index (χ3n) is 13.5. The largest absolute Gasteiger partial charge is 0.355 e. The molecule has 1 unspecified atom stereocenters. The molecule has 1 atom stereocenters. The number of nitrogens with zero attached hydrogens (tertiary/aromatic N) is 6. The van der Waals surface area contributed by atoms with E-state index in [0.717, 1.165) is 29.0 Å². The summed E-state index contributed by atoms with van der Waals surface area (Å²) in [6.45, 7) is 18.1. The average Bonchev–Trinajstić information content (AvgIpc) is 3.32.